The normalized spacial score (nSPS) is 9.93. The molecule has 1 aromatic heterocycles. The molecule has 1 heterocycles. The zero-order chi connectivity index (χ0) is 11.3. The summed E-state index contributed by atoms with van der Waals surface area (Å²) >= 11 is 0. The van der Waals surface area contributed by atoms with E-state index in [2.05, 4.69) is 18.8 Å². The molecule has 0 aliphatic rings. The maximum atomic E-state index is 8.92. The fourth-order valence-electron chi connectivity index (χ4n) is 1.54. The van der Waals surface area contributed by atoms with Crippen LogP contribution in [0.5, 0.6) is 0 Å². The van der Waals surface area contributed by atoms with Gasteiger partial charge in [-0.05, 0) is 5.92 Å². The van der Waals surface area contributed by atoms with Crippen molar-refractivity contribution < 1.29 is 0 Å². The van der Waals surface area contributed by atoms with Crippen molar-refractivity contribution in [1.82, 2.24) is 9.55 Å². The first-order chi connectivity index (χ1) is 7.26. The van der Waals surface area contributed by atoms with E-state index in [0.29, 0.717) is 11.6 Å². The maximum absolute atomic E-state index is 8.92. The van der Waals surface area contributed by atoms with Crippen molar-refractivity contribution in [3.8, 4) is 12.1 Å². The van der Waals surface area contributed by atoms with Gasteiger partial charge in [0.1, 0.15) is 12.1 Å². The molecular weight excluding hydrogens is 188 g/mol. The second-order valence-electron chi connectivity index (χ2n) is 3.50. The van der Waals surface area contributed by atoms with Crippen molar-refractivity contribution in [2.75, 3.05) is 0 Å². The summed E-state index contributed by atoms with van der Waals surface area (Å²) in [6.07, 6.45) is 3.72. The molecule has 0 spiro atoms. The van der Waals surface area contributed by atoms with Crippen LogP contribution in [0.2, 0.25) is 0 Å². The van der Waals surface area contributed by atoms with Crippen LogP contribution in [-0.2, 0) is 6.54 Å². The zero-order valence-corrected chi connectivity index (χ0v) is 9.06. The monoisotopic (exact) mass is 202 g/mol. The van der Waals surface area contributed by atoms with Crippen LogP contribution in [0.3, 0.4) is 0 Å². The standard InChI is InChI=1S/C11H14N4/c1-3-9(4-2)7-15-8-14-10(5-12)11(15)6-13/h8-9H,3-4,7H2,1-2H3. The molecule has 1 rings (SSSR count). The van der Waals surface area contributed by atoms with Gasteiger partial charge in [-0.2, -0.15) is 10.5 Å². The predicted octanol–water partition coefficient (Wildman–Crippen LogP) is 2.06. The van der Waals surface area contributed by atoms with Crippen LogP contribution in [0.15, 0.2) is 6.33 Å². The van der Waals surface area contributed by atoms with E-state index in [1.165, 1.54) is 0 Å². The molecule has 0 fully saturated rings. The van der Waals surface area contributed by atoms with Gasteiger partial charge in [-0.1, -0.05) is 26.7 Å². The summed E-state index contributed by atoms with van der Waals surface area (Å²) in [5.74, 6) is 0.540. The third kappa shape index (κ3) is 2.35. The molecule has 0 radical (unpaired) electrons. The first-order valence-corrected chi connectivity index (χ1v) is 5.12. The highest BCUT2D eigenvalue weighted by atomic mass is 15.1. The van der Waals surface area contributed by atoms with Crippen LogP contribution < -0.4 is 0 Å². The van der Waals surface area contributed by atoms with Crippen molar-refractivity contribution in [3.05, 3.63) is 17.7 Å². The molecule has 4 heteroatoms. The van der Waals surface area contributed by atoms with E-state index >= 15 is 0 Å². The number of nitrogens with zero attached hydrogens (tertiary/aromatic N) is 4. The molecule has 4 nitrogen and oxygen atoms in total. The van der Waals surface area contributed by atoms with Crippen molar-refractivity contribution >= 4 is 0 Å². The van der Waals surface area contributed by atoms with Crippen LogP contribution in [0.1, 0.15) is 38.1 Å². The maximum Gasteiger partial charge on any atom is 0.176 e. The molecule has 0 aliphatic carbocycles. The number of hydrogen-bond donors (Lipinski definition) is 0. The minimum Gasteiger partial charge on any atom is -0.321 e. The lowest BCUT2D eigenvalue weighted by Gasteiger charge is -2.12. The molecule has 78 valence electrons. The summed E-state index contributed by atoms with van der Waals surface area (Å²) in [7, 11) is 0. The molecule has 0 atom stereocenters. The van der Waals surface area contributed by atoms with Crippen molar-refractivity contribution in [2.24, 2.45) is 5.92 Å². The van der Waals surface area contributed by atoms with Crippen molar-refractivity contribution in [3.63, 3.8) is 0 Å². The topological polar surface area (TPSA) is 65.4 Å². The van der Waals surface area contributed by atoms with Crippen LogP contribution in [0.4, 0.5) is 0 Å². The Bertz CT molecular complexity index is 401. The van der Waals surface area contributed by atoms with Gasteiger partial charge in [0.25, 0.3) is 0 Å². The van der Waals surface area contributed by atoms with E-state index < -0.39 is 0 Å². The van der Waals surface area contributed by atoms with Gasteiger partial charge in [-0.3, -0.25) is 0 Å². The molecule has 0 saturated heterocycles. The fourth-order valence-corrected chi connectivity index (χ4v) is 1.54. The zero-order valence-electron chi connectivity index (χ0n) is 9.06. The van der Waals surface area contributed by atoms with Gasteiger partial charge in [-0.15, -0.1) is 0 Å². The second-order valence-corrected chi connectivity index (χ2v) is 3.50. The molecular formula is C11H14N4. The van der Waals surface area contributed by atoms with Crippen molar-refractivity contribution in [2.45, 2.75) is 33.2 Å². The third-order valence-corrected chi connectivity index (χ3v) is 2.66. The van der Waals surface area contributed by atoms with Crippen LogP contribution in [-0.4, -0.2) is 9.55 Å². The average Bonchev–Trinajstić information content (AvgIpc) is 2.67. The van der Waals surface area contributed by atoms with Crippen LogP contribution >= 0.6 is 0 Å². The van der Waals surface area contributed by atoms with E-state index in [1.54, 1.807) is 10.9 Å². The molecule has 0 amide bonds. The Morgan fingerprint density at radius 3 is 2.47 bits per heavy atom. The molecule has 0 bridgehead atoms. The molecule has 0 aliphatic heterocycles. The number of hydrogen-bond acceptors (Lipinski definition) is 3. The van der Waals surface area contributed by atoms with E-state index in [4.69, 9.17) is 10.5 Å². The highest BCUT2D eigenvalue weighted by Crippen LogP contribution is 2.13. The molecule has 15 heavy (non-hydrogen) atoms. The Morgan fingerprint density at radius 1 is 1.33 bits per heavy atom. The summed E-state index contributed by atoms with van der Waals surface area (Å²) in [6.45, 7) is 5.02. The summed E-state index contributed by atoms with van der Waals surface area (Å²) in [5, 5.41) is 17.7. The molecule has 0 N–H and O–H groups in total. The Balaban J connectivity index is 2.92. The first-order valence-electron chi connectivity index (χ1n) is 5.12. The SMILES string of the molecule is CCC(CC)Cn1cnc(C#N)c1C#N. The highest BCUT2D eigenvalue weighted by molar-refractivity contribution is 5.35. The largest absolute Gasteiger partial charge is 0.321 e. The van der Waals surface area contributed by atoms with Crippen molar-refractivity contribution in [1.29, 1.82) is 10.5 Å². The van der Waals surface area contributed by atoms with Gasteiger partial charge in [-0.25, -0.2) is 4.98 Å². The predicted molar refractivity (Wildman–Crippen MR) is 55.7 cm³/mol. The fraction of sp³-hybridized carbons (Fsp3) is 0.545. The molecule has 0 unspecified atom stereocenters. The van der Waals surface area contributed by atoms with E-state index in [1.807, 2.05) is 12.1 Å². The average molecular weight is 202 g/mol. The lowest BCUT2D eigenvalue weighted by Crippen LogP contribution is -2.10. The van der Waals surface area contributed by atoms with Crippen LogP contribution in [0.25, 0.3) is 0 Å². The molecule has 0 aromatic carbocycles. The Labute approximate surface area is 89.8 Å². The van der Waals surface area contributed by atoms with Gasteiger partial charge >= 0.3 is 0 Å². The molecule has 1 aromatic rings. The van der Waals surface area contributed by atoms with Gasteiger partial charge in [0.05, 0.1) is 6.33 Å². The minimum absolute atomic E-state index is 0.225. The van der Waals surface area contributed by atoms with E-state index in [-0.39, 0.29) is 5.69 Å². The van der Waals surface area contributed by atoms with Gasteiger partial charge in [0, 0.05) is 6.54 Å². The van der Waals surface area contributed by atoms with Gasteiger partial charge < -0.3 is 4.57 Å². The van der Waals surface area contributed by atoms with E-state index in [0.717, 1.165) is 19.4 Å². The number of rotatable bonds is 4. The number of nitriles is 2. The second kappa shape index (κ2) is 5.17. The number of imidazole rings is 1. The Hall–Kier alpha value is -1.81. The van der Waals surface area contributed by atoms with Gasteiger partial charge in [0.2, 0.25) is 0 Å². The first kappa shape index (κ1) is 11.3. The lowest BCUT2D eigenvalue weighted by atomic mass is 10.0. The van der Waals surface area contributed by atoms with E-state index in [9.17, 15) is 0 Å². The number of aromatic nitrogens is 2. The van der Waals surface area contributed by atoms with Crippen LogP contribution in [0, 0.1) is 28.6 Å². The Kier molecular flexibility index (Phi) is 3.88. The quantitative estimate of drug-likeness (QED) is 0.750. The summed E-state index contributed by atoms with van der Waals surface area (Å²) < 4.78 is 1.77. The summed E-state index contributed by atoms with van der Waals surface area (Å²) in [5.41, 5.74) is 0.604. The minimum atomic E-state index is 0.225. The molecule has 0 saturated carbocycles. The lowest BCUT2D eigenvalue weighted by molar-refractivity contribution is 0.416. The summed E-state index contributed by atoms with van der Waals surface area (Å²) in [6, 6.07) is 3.95. The third-order valence-electron chi connectivity index (χ3n) is 2.66. The van der Waals surface area contributed by atoms with Gasteiger partial charge in [0.15, 0.2) is 11.4 Å². The summed E-state index contributed by atoms with van der Waals surface area (Å²) in [4.78, 5) is 3.91. The smallest absolute Gasteiger partial charge is 0.176 e. The Morgan fingerprint density at radius 2 is 2.00 bits per heavy atom. The highest BCUT2D eigenvalue weighted by Gasteiger charge is 2.12.